The number of aromatic nitrogens is 1. The van der Waals surface area contributed by atoms with Crippen molar-refractivity contribution in [3.05, 3.63) is 76.8 Å². The van der Waals surface area contributed by atoms with Gasteiger partial charge in [0.15, 0.2) is 0 Å². The molecule has 0 saturated heterocycles. The fourth-order valence-electron chi connectivity index (χ4n) is 2.68. The molecule has 0 fully saturated rings. The van der Waals surface area contributed by atoms with Crippen molar-refractivity contribution in [2.24, 2.45) is 0 Å². The summed E-state index contributed by atoms with van der Waals surface area (Å²) in [6.07, 6.45) is 0. The Bertz CT molecular complexity index is 994. The first-order valence-corrected chi connectivity index (χ1v) is 7.72. The van der Waals surface area contributed by atoms with Gasteiger partial charge in [-0.2, -0.15) is 0 Å². The van der Waals surface area contributed by atoms with Gasteiger partial charge >= 0.3 is 0 Å². The quantitative estimate of drug-likeness (QED) is 0.371. The van der Waals surface area contributed by atoms with Crippen LogP contribution in [0.4, 0.5) is 0 Å². The Kier molecular flexibility index (Phi) is 3.25. The summed E-state index contributed by atoms with van der Waals surface area (Å²) < 4.78 is 0. The average molecular weight is 324 g/mol. The van der Waals surface area contributed by atoms with Crippen LogP contribution in [0.1, 0.15) is 0 Å². The molecule has 22 heavy (non-hydrogen) atoms. The van der Waals surface area contributed by atoms with Crippen molar-refractivity contribution >= 4 is 45.0 Å². The zero-order valence-corrected chi connectivity index (χ0v) is 13.1. The van der Waals surface area contributed by atoms with Gasteiger partial charge in [0.1, 0.15) is 0 Å². The molecule has 4 aromatic rings. The van der Waals surface area contributed by atoms with Gasteiger partial charge in [0.25, 0.3) is 0 Å². The molecule has 0 N–H and O–H groups in total. The second-order valence-corrected chi connectivity index (χ2v) is 6.00. The number of rotatable bonds is 1. The predicted molar refractivity (Wildman–Crippen MR) is 94.7 cm³/mol. The Balaban J connectivity index is 2.02. The van der Waals surface area contributed by atoms with Gasteiger partial charge < -0.3 is 0 Å². The summed E-state index contributed by atoms with van der Waals surface area (Å²) in [5.74, 6) is 0. The number of pyridine rings is 1. The fourth-order valence-corrected chi connectivity index (χ4v) is 3.15. The van der Waals surface area contributed by atoms with Gasteiger partial charge in [0.2, 0.25) is 0 Å². The monoisotopic (exact) mass is 323 g/mol. The van der Waals surface area contributed by atoms with Gasteiger partial charge in [-0.15, -0.1) is 0 Å². The van der Waals surface area contributed by atoms with E-state index < -0.39 is 0 Å². The average Bonchev–Trinajstić information content (AvgIpc) is 2.55. The molecule has 1 aromatic heterocycles. The Morgan fingerprint density at radius 1 is 0.636 bits per heavy atom. The molecule has 106 valence electrons. The summed E-state index contributed by atoms with van der Waals surface area (Å²) in [5.41, 5.74) is 3.98. The minimum Gasteiger partial charge on any atom is -0.248 e. The Labute approximate surface area is 138 Å². The maximum atomic E-state index is 6.60. The molecule has 0 radical (unpaired) electrons. The Morgan fingerprint density at radius 2 is 1.45 bits per heavy atom. The fraction of sp³-hybridized carbons (Fsp3) is 0. The lowest BCUT2D eigenvalue weighted by molar-refractivity contribution is 1.49. The third-order valence-corrected chi connectivity index (χ3v) is 4.42. The van der Waals surface area contributed by atoms with Crippen LogP contribution in [0.3, 0.4) is 0 Å². The van der Waals surface area contributed by atoms with Gasteiger partial charge in [-0.05, 0) is 41.5 Å². The molecule has 0 aliphatic heterocycles. The molecule has 1 heterocycles. The van der Waals surface area contributed by atoms with Crippen LogP contribution in [-0.4, -0.2) is 4.98 Å². The third kappa shape index (κ3) is 2.23. The maximum Gasteiger partial charge on any atom is 0.0739 e. The van der Waals surface area contributed by atoms with Crippen LogP contribution in [0, 0.1) is 0 Å². The number of nitrogens with zero attached hydrogens (tertiary/aromatic N) is 1. The molecule has 3 aromatic carbocycles. The molecule has 0 bridgehead atoms. The lowest BCUT2D eigenvalue weighted by atomic mass is 10.0. The Hall–Kier alpha value is -2.09. The smallest absolute Gasteiger partial charge is 0.0739 e. The number of hydrogen-bond acceptors (Lipinski definition) is 1. The topological polar surface area (TPSA) is 12.9 Å². The van der Waals surface area contributed by atoms with Crippen molar-refractivity contribution in [1.29, 1.82) is 0 Å². The highest BCUT2D eigenvalue weighted by molar-refractivity contribution is 6.40. The van der Waals surface area contributed by atoms with Crippen molar-refractivity contribution in [3.8, 4) is 11.1 Å². The van der Waals surface area contributed by atoms with Crippen molar-refractivity contribution in [1.82, 2.24) is 4.98 Å². The highest BCUT2D eigenvalue weighted by atomic mass is 35.5. The SMILES string of the molecule is Clc1ccc2c(Cl)c3cc(-c4ccccc4)ccc3nc2c1. The second kappa shape index (κ2) is 5.28. The molecule has 3 heteroatoms. The van der Waals surface area contributed by atoms with Crippen LogP contribution in [0.5, 0.6) is 0 Å². The van der Waals surface area contributed by atoms with Gasteiger partial charge in [-0.3, -0.25) is 0 Å². The molecule has 0 amide bonds. The number of benzene rings is 3. The summed E-state index contributed by atoms with van der Waals surface area (Å²) >= 11 is 12.6. The predicted octanol–water partition coefficient (Wildman–Crippen LogP) is 6.36. The first-order chi connectivity index (χ1) is 10.7. The summed E-state index contributed by atoms with van der Waals surface area (Å²) in [4.78, 5) is 4.67. The van der Waals surface area contributed by atoms with Crippen molar-refractivity contribution in [3.63, 3.8) is 0 Å². The molecule has 0 unspecified atom stereocenters. The van der Waals surface area contributed by atoms with E-state index in [4.69, 9.17) is 23.2 Å². The lowest BCUT2D eigenvalue weighted by Gasteiger charge is -2.08. The second-order valence-electron chi connectivity index (χ2n) is 5.19. The number of fused-ring (bicyclic) bond motifs is 2. The van der Waals surface area contributed by atoms with Gasteiger partial charge in [-0.25, -0.2) is 4.98 Å². The van der Waals surface area contributed by atoms with E-state index in [-0.39, 0.29) is 0 Å². The first kappa shape index (κ1) is 13.6. The normalized spacial score (nSPS) is 11.2. The van der Waals surface area contributed by atoms with Crippen LogP contribution < -0.4 is 0 Å². The molecular weight excluding hydrogens is 313 g/mol. The molecule has 0 saturated carbocycles. The zero-order chi connectivity index (χ0) is 15.1. The minimum absolute atomic E-state index is 0.663. The molecule has 1 nitrogen and oxygen atoms in total. The maximum absolute atomic E-state index is 6.60. The zero-order valence-electron chi connectivity index (χ0n) is 11.6. The standard InChI is InChI=1S/C19H11Cl2N/c20-14-7-8-15-18(11-14)22-17-9-6-13(10-16(17)19(15)21)12-4-2-1-3-5-12/h1-11H. The van der Waals surface area contributed by atoms with Gasteiger partial charge in [-0.1, -0.05) is 59.6 Å². The van der Waals surface area contributed by atoms with Gasteiger partial charge in [0, 0.05) is 15.8 Å². The highest BCUT2D eigenvalue weighted by Gasteiger charge is 2.09. The van der Waals surface area contributed by atoms with E-state index in [1.807, 2.05) is 42.5 Å². The molecular formula is C19H11Cl2N. The largest absolute Gasteiger partial charge is 0.248 e. The van der Waals surface area contributed by atoms with E-state index in [2.05, 4.69) is 29.2 Å². The molecule has 0 aliphatic rings. The minimum atomic E-state index is 0.663. The van der Waals surface area contributed by atoms with E-state index in [1.165, 1.54) is 0 Å². The van der Waals surface area contributed by atoms with Crippen LogP contribution in [0.25, 0.3) is 32.9 Å². The van der Waals surface area contributed by atoms with Crippen LogP contribution in [-0.2, 0) is 0 Å². The van der Waals surface area contributed by atoms with Crippen molar-refractivity contribution < 1.29 is 0 Å². The van der Waals surface area contributed by atoms with Crippen molar-refractivity contribution in [2.75, 3.05) is 0 Å². The summed E-state index contributed by atoms with van der Waals surface area (Å²) in [5, 5.41) is 3.26. The van der Waals surface area contributed by atoms with E-state index in [0.717, 1.165) is 38.0 Å². The Morgan fingerprint density at radius 3 is 2.27 bits per heavy atom. The number of halogens is 2. The first-order valence-electron chi connectivity index (χ1n) is 6.96. The summed E-state index contributed by atoms with van der Waals surface area (Å²) in [6, 6.07) is 22.0. The summed E-state index contributed by atoms with van der Waals surface area (Å²) in [7, 11) is 0. The van der Waals surface area contributed by atoms with Gasteiger partial charge in [0.05, 0.1) is 16.1 Å². The van der Waals surface area contributed by atoms with Crippen LogP contribution >= 0.6 is 23.2 Å². The lowest BCUT2D eigenvalue weighted by Crippen LogP contribution is -1.86. The van der Waals surface area contributed by atoms with E-state index in [1.54, 1.807) is 0 Å². The molecule has 0 aliphatic carbocycles. The molecule has 0 spiro atoms. The van der Waals surface area contributed by atoms with E-state index in [9.17, 15) is 0 Å². The highest BCUT2D eigenvalue weighted by Crippen LogP contribution is 2.34. The van der Waals surface area contributed by atoms with Crippen LogP contribution in [0.15, 0.2) is 66.7 Å². The van der Waals surface area contributed by atoms with E-state index >= 15 is 0 Å². The van der Waals surface area contributed by atoms with Crippen LogP contribution in [0.2, 0.25) is 10.0 Å². The molecule has 4 rings (SSSR count). The van der Waals surface area contributed by atoms with Crippen molar-refractivity contribution in [2.45, 2.75) is 0 Å². The third-order valence-electron chi connectivity index (χ3n) is 3.78. The number of hydrogen-bond donors (Lipinski definition) is 0. The van der Waals surface area contributed by atoms with E-state index in [0.29, 0.717) is 5.02 Å². The summed E-state index contributed by atoms with van der Waals surface area (Å²) in [6.45, 7) is 0. The molecule has 0 atom stereocenters.